The van der Waals surface area contributed by atoms with Gasteiger partial charge >= 0.3 is 0 Å². The minimum Gasteiger partial charge on any atom is -0.304 e. The first-order valence-electron chi connectivity index (χ1n) is 13.5. The zero-order chi connectivity index (χ0) is 28.0. The van der Waals surface area contributed by atoms with Crippen molar-refractivity contribution in [3.05, 3.63) is 132 Å². The molecule has 0 aliphatic heterocycles. The maximum absolute atomic E-state index is 7.42. The quantitative estimate of drug-likeness (QED) is 0.154. The molecule has 2 nitrogen and oxygen atoms in total. The van der Waals surface area contributed by atoms with Gasteiger partial charge in [0.25, 0.3) is 0 Å². The van der Waals surface area contributed by atoms with Crippen molar-refractivity contribution in [2.45, 2.75) is 33.8 Å². The van der Waals surface area contributed by atoms with Gasteiger partial charge in [0, 0.05) is 36.6 Å². The molecule has 0 unspecified atom stereocenters. The Labute approximate surface area is 240 Å². The van der Waals surface area contributed by atoms with E-state index >= 15 is 0 Å². The molecule has 0 saturated heterocycles. The van der Waals surface area contributed by atoms with Gasteiger partial charge in [-0.25, -0.2) is 0 Å². The van der Waals surface area contributed by atoms with Gasteiger partial charge in [-0.05, 0) is 43.2 Å². The van der Waals surface area contributed by atoms with Crippen LogP contribution >= 0.6 is 0 Å². The SMILES string of the molecule is Cc1cnc(-c2[c-]cccc2)cc1C.[2H]C([2H])([2H])c1ccc(-c2[c-]cc([Si](C)(C)c3ccccc3)cc2)nc1.[Ir]. The van der Waals surface area contributed by atoms with E-state index in [0.717, 1.165) is 22.5 Å². The standard InChI is InChI=1S/C20H20NSi.C13H12N.Ir/c1-16-9-14-20(21-15-16)17-10-12-19(13-11-17)22(2,3)18-7-5-4-6-8-18;1-10-8-13(14-9-11(10)2)12-6-4-3-5-7-12;/h4-10,12-15H,1-3H3;3-6,8-9H,1-2H3;/q2*-1;/i1D3;;. The number of nitrogens with zero attached hydrogens (tertiary/aromatic N) is 2. The minimum absolute atomic E-state index is 0. The van der Waals surface area contributed by atoms with Gasteiger partial charge in [0.15, 0.2) is 0 Å². The van der Waals surface area contributed by atoms with Crippen LogP contribution < -0.4 is 10.4 Å². The molecule has 0 aliphatic carbocycles. The molecule has 0 bridgehead atoms. The summed E-state index contributed by atoms with van der Waals surface area (Å²) in [5.74, 6) is 0. The summed E-state index contributed by atoms with van der Waals surface area (Å²) in [5.41, 5.74) is 6.41. The Balaban J connectivity index is 0.000000250. The van der Waals surface area contributed by atoms with Crippen LogP contribution in [0.2, 0.25) is 13.1 Å². The van der Waals surface area contributed by atoms with Gasteiger partial charge in [0.1, 0.15) is 0 Å². The predicted octanol–water partition coefficient (Wildman–Crippen LogP) is 6.84. The third-order valence-corrected chi connectivity index (χ3v) is 9.96. The van der Waals surface area contributed by atoms with Crippen molar-refractivity contribution >= 4 is 18.4 Å². The van der Waals surface area contributed by atoms with Crippen molar-refractivity contribution in [2.24, 2.45) is 0 Å². The summed E-state index contributed by atoms with van der Waals surface area (Å²) in [6, 6.07) is 36.6. The smallest absolute Gasteiger partial charge is 0.0662 e. The van der Waals surface area contributed by atoms with E-state index < -0.39 is 14.9 Å². The van der Waals surface area contributed by atoms with Crippen LogP contribution in [0, 0.1) is 32.8 Å². The molecule has 5 rings (SSSR count). The molecule has 0 saturated carbocycles. The Morgan fingerprint density at radius 2 is 1.43 bits per heavy atom. The van der Waals surface area contributed by atoms with Crippen LogP contribution in [0.3, 0.4) is 0 Å². The van der Waals surface area contributed by atoms with Crippen LogP contribution in [0.4, 0.5) is 0 Å². The molecule has 5 aromatic rings. The van der Waals surface area contributed by atoms with Crippen LogP contribution in [0.5, 0.6) is 0 Å². The van der Waals surface area contributed by atoms with Gasteiger partial charge in [-0.2, -0.15) is 0 Å². The first kappa shape index (κ1) is 24.2. The fourth-order valence-electron chi connectivity index (χ4n) is 3.87. The molecule has 0 fully saturated rings. The summed E-state index contributed by atoms with van der Waals surface area (Å²) in [6.45, 7) is 6.71. The van der Waals surface area contributed by atoms with Crippen LogP contribution in [0.1, 0.15) is 20.8 Å². The van der Waals surface area contributed by atoms with Gasteiger partial charge in [0.05, 0.1) is 8.07 Å². The summed E-state index contributed by atoms with van der Waals surface area (Å²) in [4.78, 5) is 8.66. The van der Waals surface area contributed by atoms with Crippen molar-refractivity contribution in [2.75, 3.05) is 0 Å². The molecular weight excluding hydrogens is 645 g/mol. The molecule has 0 spiro atoms. The molecule has 0 aliphatic rings. The Hall–Kier alpha value is -3.17. The van der Waals surface area contributed by atoms with E-state index in [1.165, 1.54) is 27.7 Å². The van der Waals surface area contributed by atoms with E-state index in [4.69, 9.17) is 4.11 Å². The molecule has 0 amide bonds. The first-order valence-corrected chi connectivity index (χ1v) is 15.0. The molecule has 2 heterocycles. The summed E-state index contributed by atoms with van der Waals surface area (Å²) in [7, 11) is -1.74. The predicted molar refractivity (Wildman–Crippen MR) is 154 cm³/mol. The van der Waals surface area contributed by atoms with Gasteiger partial charge < -0.3 is 9.97 Å². The number of rotatable bonds is 4. The van der Waals surface area contributed by atoms with Crippen LogP contribution in [0.15, 0.2) is 103 Å². The summed E-state index contributed by atoms with van der Waals surface area (Å²) in [5, 5.41) is 2.69. The van der Waals surface area contributed by atoms with Crippen molar-refractivity contribution in [3.63, 3.8) is 0 Å². The number of hydrogen-bond donors (Lipinski definition) is 0. The van der Waals surface area contributed by atoms with E-state index in [1.54, 1.807) is 12.1 Å². The molecule has 0 N–H and O–H groups in total. The van der Waals surface area contributed by atoms with Gasteiger partial charge in [-0.15, -0.1) is 70.9 Å². The molecular formula is C33H32IrN2Si-2. The van der Waals surface area contributed by atoms with E-state index in [2.05, 4.69) is 85.4 Å². The van der Waals surface area contributed by atoms with Crippen molar-refractivity contribution < 1.29 is 24.2 Å². The molecule has 1 radical (unpaired) electrons. The fourth-order valence-corrected chi connectivity index (χ4v) is 6.16. The molecule has 4 heteroatoms. The van der Waals surface area contributed by atoms with Gasteiger partial charge in [0.2, 0.25) is 0 Å². The fraction of sp³-hybridized carbons (Fsp3) is 0.152. The minimum atomic E-state index is -2.12. The number of pyridine rings is 2. The maximum Gasteiger partial charge on any atom is 0.0662 e. The Morgan fingerprint density at radius 3 is 2.03 bits per heavy atom. The average Bonchev–Trinajstić information content (AvgIpc) is 2.95. The number of benzene rings is 3. The van der Waals surface area contributed by atoms with Crippen LogP contribution in [-0.4, -0.2) is 18.0 Å². The molecule has 0 atom stereocenters. The van der Waals surface area contributed by atoms with Gasteiger partial charge in [-0.1, -0.05) is 72.4 Å². The second kappa shape index (κ2) is 12.9. The van der Waals surface area contributed by atoms with Crippen LogP contribution in [0.25, 0.3) is 22.5 Å². The second-order valence-corrected chi connectivity index (χ2v) is 13.7. The molecule has 3 aromatic carbocycles. The number of aromatic nitrogens is 2. The monoisotopic (exact) mass is 680 g/mol. The Bertz CT molecular complexity index is 1500. The van der Waals surface area contributed by atoms with Crippen molar-refractivity contribution in [1.82, 2.24) is 9.97 Å². The summed E-state index contributed by atoms with van der Waals surface area (Å²) in [6.07, 6.45) is 3.33. The normalized spacial score (nSPS) is 12.2. The zero-order valence-electron chi connectivity index (χ0n) is 24.5. The van der Waals surface area contributed by atoms with Crippen molar-refractivity contribution in [1.29, 1.82) is 0 Å². The summed E-state index contributed by atoms with van der Waals surface area (Å²) >= 11 is 0. The van der Waals surface area contributed by atoms with Gasteiger partial charge in [-0.3, -0.25) is 0 Å². The Morgan fingerprint density at radius 1 is 0.703 bits per heavy atom. The Kier molecular flexibility index (Phi) is 8.41. The number of aryl methyl sites for hydroxylation is 3. The van der Waals surface area contributed by atoms with E-state index in [1.807, 2.05) is 48.7 Å². The van der Waals surface area contributed by atoms with E-state index in [-0.39, 0.29) is 25.7 Å². The molecule has 37 heavy (non-hydrogen) atoms. The van der Waals surface area contributed by atoms with E-state index in [9.17, 15) is 0 Å². The average molecular weight is 680 g/mol. The third kappa shape index (κ3) is 7.20. The number of hydrogen-bond acceptors (Lipinski definition) is 2. The van der Waals surface area contributed by atoms with Crippen molar-refractivity contribution in [3.8, 4) is 22.5 Å². The topological polar surface area (TPSA) is 25.8 Å². The maximum atomic E-state index is 7.42. The molecule has 189 valence electrons. The third-order valence-electron chi connectivity index (χ3n) is 6.43. The first-order chi connectivity index (χ1) is 18.6. The molecule has 2 aromatic heterocycles. The largest absolute Gasteiger partial charge is 0.304 e. The second-order valence-electron chi connectivity index (χ2n) is 9.34. The van der Waals surface area contributed by atoms with Crippen LogP contribution in [-0.2, 0) is 20.1 Å². The van der Waals surface area contributed by atoms with E-state index in [0.29, 0.717) is 0 Å². The zero-order valence-corrected chi connectivity index (χ0v) is 24.9. The summed E-state index contributed by atoms with van der Waals surface area (Å²) < 4.78 is 22.3.